The van der Waals surface area contributed by atoms with Gasteiger partial charge in [-0.15, -0.1) is 10.2 Å². The van der Waals surface area contributed by atoms with Crippen LogP contribution in [0.3, 0.4) is 0 Å². The highest BCUT2D eigenvalue weighted by molar-refractivity contribution is 7.99. The number of hydrazone groups is 1. The van der Waals surface area contributed by atoms with Crippen LogP contribution >= 0.6 is 11.8 Å². The zero-order valence-corrected chi connectivity index (χ0v) is 18.9. The van der Waals surface area contributed by atoms with Crippen LogP contribution in [0, 0.1) is 0 Å². The number of hydrogen-bond acceptors (Lipinski definition) is 7. The summed E-state index contributed by atoms with van der Waals surface area (Å²) < 4.78 is 1.26. The number of rotatable bonds is 10. The number of amides is 1. The SMILES string of the molecule is CCC(C)c1ccc(NC(=O)CSc2nnc(N/N=C/C=C/c3ccccc3)n2N)cc1. The molecule has 0 aliphatic heterocycles. The summed E-state index contributed by atoms with van der Waals surface area (Å²) in [5, 5.41) is 15.3. The van der Waals surface area contributed by atoms with E-state index in [4.69, 9.17) is 5.84 Å². The van der Waals surface area contributed by atoms with E-state index in [9.17, 15) is 4.79 Å². The molecule has 1 atom stereocenters. The zero-order chi connectivity index (χ0) is 22.8. The van der Waals surface area contributed by atoms with Gasteiger partial charge in [-0.2, -0.15) is 5.10 Å². The van der Waals surface area contributed by atoms with Crippen LogP contribution in [-0.4, -0.2) is 32.7 Å². The van der Waals surface area contributed by atoms with E-state index in [1.807, 2.05) is 60.7 Å². The van der Waals surface area contributed by atoms with E-state index in [-0.39, 0.29) is 17.6 Å². The van der Waals surface area contributed by atoms with Gasteiger partial charge in [0.25, 0.3) is 5.95 Å². The van der Waals surface area contributed by atoms with E-state index in [2.05, 4.69) is 39.9 Å². The number of hydrogen-bond donors (Lipinski definition) is 3. The van der Waals surface area contributed by atoms with E-state index in [0.717, 1.165) is 17.7 Å². The Morgan fingerprint density at radius 3 is 2.66 bits per heavy atom. The molecule has 32 heavy (non-hydrogen) atoms. The molecule has 3 aromatic rings. The maximum atomic E-state index is 12.3. The number of carbonyl (C=O) groups excluding carboxylic acids is 1. The summed E-state index contributed by atoms with van der Waals surface area (Å²) in [5.74, 6) is 6.78. The van der Waals surface area contributed by atoms with Gasteiger partial charge in [0.05, 0.1) is 5.75 Å². The van der Waals surface area contributed by atoms with Gasteiger partial charge < -0.3 is 11.2 Å². The summed E-state index contributed by atoms with van der Waals surface area (Å²) in [7, 11) is 0. The van der Waals surface area contributed by atoms with Crippen molar-refractivity contribution in [1.29, 1.82) is 0 Å². The highest BCUT2D eigenvalue weighted by Crippen LogP contribution is 2.21. The lowest BCUT2D eigenvalue weighted by atomic mass is 9.99. The van der Waals surface area contributed by atoms with Crippen LogP contribution < -0.4 is 16.6 Å². The third-order valence-electron chi connectivity index (χ3n) is 4.79. The Hall–Kier alpha value is -3.59. The normalized spacial score (nSPS) is 12.3. The Bertz CT molecular complexity index is 1060. The Labute approximate surface area is 192 Å². The van der Waals surface area contributed by atoms with Crippen LogP contribution in [0.4, 0.5) is 11.6 Å². The molecule has 0 saturated heterocycles. The quantitative estimate of drug-likeness (QED) is 0.184. The number of carbonyl (C=O) groups is 1. The minimum Gasteiger partial charge on any atom is -0.334 e. The van der Waals surface area contributed by atoms with E-state index in [1.165, 1.54) is 22.0 Å². The molecule has 1 unspecified atom stereocenters. The monoisotopic (exact) mass is 449 g/mol. The van der Waals surface area contributed by atoms with Crippen LogP contribution in [0.15, 0.2) is 70.9 Å². The number of nitrogens with one attached hydrogen (secondary N) is 2. The molecule has 0 bridgehead atoms. The zero-order valence-electron chi connectivity index (χ0n) is 18.1. The minimum atomic E-state index is -0.145. The number of aromatic nitrogens is 3. The highest BCUT2D eigenvalue weighted by atomic mass is 32.2. The van der Waals surface area contributed by atoms with Crippen molar-refractivity contribution in [2.24, 2.45) is 5.10 Å². The molecule has 166 valence electrons. The molecule has 0 spiro atoms. The van der Waals surface area contributed by atoms with Crippen molar-refractivity contribution in [2.45, 2.75) is 31.3 Å². The second-order valence-electron chi connectivity index (χ2n) is 7.10. The van der Waals surface area contributed by atoms with Gasteiger partial charge >= 0.3 is 0 Å². The fraction of sp³-hybridized carbons (Fsp3) is 0.217. The molecule has 1 amide bonds. The van der Waals surface area contributed by atoms with Crippen LogP contribution in [0.2, 0.25) is 0 Å². The van der Waals surface area contributed by atoms with E-state index in [1.54, 1.807) is 12.3 Å². The predicted octanol–water partition coefficient (Wildman–Crippen LogP) is 4.35. The van der Waals surface area contributed by atoms with Crippen molar-refractivity contribution < 1.29 is 4.79 Å². The Morgan fingerprint density at radius 1 is 1.19 bits per heavy atom. The first kappa shape index (κ1) is 23.1. The van der Waals surface area contributed by atoms with Crippen molar-refractivity contribution in [2.75, 3.05) is 22.3 Å². The summed E-state index contributed by atoms with van der Waals surface area (Å²) in [6.07, 6.45) is 6.40. The largest absolute Gasteiger partial charge is 0.334 e. The number of nitrogens with zero attached hydrogens (tertiary/aromatic N) is 4. The summed E-state index contributed by atoms with van der Waals surface area (Å²) in [6, 6.07) is 17.8. The third kappa shape index (κ3) is 6.71. The molecule has 0 fully saturated rings. The van der Waals surface area contributed by atoms with Crippen LogP contribution in [0.1, 0.15) is 37.3 Å². The molecular weight excluding hydrogens is 422 g/mol. The maximum Gasteiger partial charge on any atom is 0.264 e. The van der Waals surface area contributed by atoms with Crippen molar-refractivity contribution >= 4 is 41.6 Å². The topological polar surface area (TPSA) is 110 Å². The number of nitrogens with two attached hydrogens (primary N) is 1. The van der Waals surface area contributed by atoms with Gasteiger partial charge in [0.15, 0.2) is 0 Å². The number of thioether (sulfide) groups is 1. The molecule has 0 aliphatic rings. The molecule has 0 aliphatic carbocycles. The summed E-state index contributed by atoms with van der Waals surface area (Å²) >= 11 is 1.19. The molecule has 3 rings (SSSR count). The van der Waals surface area contributed by atoms with Crippen molar-refractivity contribution in [1.82, 2.24) is 14.9 Å². The van der Waals surface area contributed by atoms with Crippen LogP contribution in [0.5, 0.6) is 0 Å². The van der Waals surface area contributed by atoms with Gasteiger partial charge in [0.1, 0.15) is 0 Å². The number of allylic oxidation sites excluding steroid dienone is 1. The fourth-order valence-corrected chi connectivity index (χ4v) is 3.42. The van der Waals surface area contributed by atoms with Crippen LogP contribution in [0.25, 0.3) is 6.08 Å². The predicted molar refractivity (Wildman–Crippen MR) is 132 cm³/mol. The lowest BCUT2D eigenvalue weighted by molar-refractivity contribution is -0.113. The van der Waals surface area contributed by atoms with Gasteiger partial charge in [0.2, 0.25) is 11.1 Å². The fourth-order valence-electron chi connectivity index (χ4n) is 2.77. The van der Waals surface area contributed by atoms with Crippen molar-refractivity contribution in [3.8, 4) is 0 Å². The Kier molecular flexibility index (Phi) is 8.44. The lowest BCUT2D eigenvalue weighted by Gasteiger charge is -2.10. The summed E-state index contributed by atoms with van der Waals surface area (Å²) in [5.41, 5.74) is 5.83. The molecule has 2 aromatic carbocycles. The molecule has 0 saturated carbocycles. The number of anilines is 2. The van der Waals surface area contributed by atoms with Gasteiger partial charge in [-0.05, 0) is 41.7 Å². The average molecular weight is 450 g/mol. The standard InChI is InChI=1S/C23H27N7OS/c1-3-17(2)19-11-13-20(14-12-19)26-21(31)16-32-23-29-28-22(30(23)24)27-25-15-7-10-18-8-5-4-6-9-18/h4-15,17H,3,16,24H2,1-2H3,(H,26,31)(H,27,28)/b10-7+,25-15+. The first-order chi connectivity index (χ1) is 15.6. The molecule has 8 nitrogen and oxygen atoms in total. The van der Waals surface area contributed by atoms with E-state index < -0.39 is 0 Å². The summed E-state index contributed by atoms with van der Waals surface area (Å²) in [4.78, 5) is 12.3. The highest BCUT2D eigenvalue weighted by Gasteiger charge is 2.12. The lowest BCUT2D eigenvalue weighted by Crippen LogP contribution is -2.16. The van der Waals surface area contributed by atoms with E-state index in [0.29, 0.717) is 11.1 Å². The first-order valence-corrected chi connectivity index (χ1v) is 11.3. The van der Waals surface area contributed by atoms with Gasteiger partial charge in [-0.25, -0.2) is 10.1 Å². The molecule has 1 aromatic heterocycles. The third-order valence-corrected chi connectivity index (χ3v) is 5.73. The minimum absolute atomic E-state index is 0.145. The number of benzene rings is 2. The molecule has 9 heteroatoms. The van der Waals surface area contributed by atoms with Gasteiger partial charge in [-0.1, -0.05) is 74.1 Å². The number of nitrogen functional groups attached to an aromatic ring is 1. The Balaban J connectivity index is 1.46. The molecule has 4 N–H and O–H groups in total. The van der Waals surface area contributed by atoms with Gasteiger partial charge in [-0.3, -0.25) is 4.79 Å². The molecule has 1 heterocycles. The molecule has 0 radical (unpaired) electrons. The Morgan fingerprint density at radius 2 is 1.94 bits per heavy atom. The van der Waals surface area contributed by atoms with Crippen molar-refractivity contribution in [3.05, 3.63) is 71.8 Å². The van der Waals surface area contributed by atoms with Gasteiger partial charge in [0, 0.05) is 11.9 Å². The summed E-state index contributed by atoms with van der Waals surface area (Å²) in [6.45, 7) is 4.34. The van der Waals surface area contributed by atoms with Crippen LogP contribution in [-0.2, 0) is 4.79 Å². The molecular formula is C23H27N7OS. The maximum absolute atomic E-state index is 12.3. The second-order valence-corrected chi connectivity index (χ2v) is 8.05. The second kappa shape index (κ2) is 11.7. The first-order valence-electron chi connectivity index (χ1n) is 10.3. The van der Waals surface area contributed by atoms with E-state index >= 15 is 0 Å². The smallest absolute Gasteiger partial charge is 0.264 e. The van der Waals surface area contributed by atoms with Crippen molar-refractivity contribution in [3.63, 3.8) is 0 Å². The average Bonchev–Trinajstić information content (AvgIpc) is 3.17.